The molecule has 0 aromatic heterocycles. The molecule has 0 radical (unpaired) electrons. The number of benzene rings is 2. The van der Waals surface area contributed by atoms with Crippen molar-refractivity contribution in [3.8, 4) is 11.5 Å². The van der Waals surface area contributed by atoms with Crippen LogP contribution in [-0.4, -0.2) is 35.6 Å². The third-order valence-electron chi connectivity index (χ3n) is 8.25. The molecule has 3 aliphatic carbocycles. The molecule has 0 bridgehead atoms. The number of rotatable bonds is 3. The molecule has 1 fully saturated rings. The van der Waals surface area contributed by atoms with Crippen LogP contribution >= 0.6 is 31.9 Å². The topological polar surface area (TPSA) is 101 Å². The number of ether oxygens (including phenoxy) is 1. The van der Waals surface area contributed by atoms with Crippen LogP contribution in [0.4, 0.5) is 5.69 Å². The monoisotopic (exact) mass is 651 g/mol. The third kappa shape index (κ3) is 3.89. The Morgan fingerprint density at radius 3 is 2.41 bits per heavy atom. The van der Waals surface area contributed by atoms with E-state index in [1.807, 2.05) is 6.08 Å². The Labute approximate surface area is 241 Å². The summed E-state index contributed by atoms with van der Waals surface area (Å²) in [5, 5.41) is 10.4. The molecule has 2 aromatic carbocycles. The largest absolute Gasteiger partial charge is 0.503 e. The molecule has 2 amide bonds. The molecule has 0 spiro atoms. The minimum absolute atomic E-state index is 0.0793. The van der Waals surface area contributed by atoms with Gasteiger partial charge in [-0.1, -0.05) is 27.6 Å². The number of hydrogen-bond donors (Lipinski definition) is 1. The zero-order valence-corrected chi connectivity index (χ0v) is 24.2. The van der Waals surface area contributed by atoms with E-state index in [0.717, 1.165) is 10.0 Å². The molecule has 1 N–H and O–H groups in total. The van der Waals surface area contributed by atoms with Crippen molar-refractivity contribution in [2.24, 2.45) is 17.8 Å². The predicted octanol–water partition coefficient (Wildman–Crippen LogP) is 5.56. The SMILES string of the molecule is COc1cc([C@H]2C3=CC[C@@H]4C(=O)N(c5ccc(Br)cc5)C(=O)[C@@H]4[C@@H]3CC3=C2C(=O)C(C)=CC3=O)cc(Br)c1O. The number of Topliss-reactive ketones (excluding diaryl/α,β-unsaturated/α-hetero) is 1. The Morgan fingerprint density at radius 1 is 1.00 bits per heavy atom. The van der Waals surface area contributed by atoms with Gasteiger partial charge in [0, 0.05) is 27.1 Å². The fourth-order valence-electron chi connectivity index (χ4n) is 6.50. The van der Waals surface area contributed by atoms with Gasteiger partial charge in [0.15, 0.2) is 23.1 Å². The van der Waals surface area contributed by atoms with Crippen LogP contribution in [-0.2, 0) is 19.2 Å². The number of carbonyl (C=O) groups is 4. The lowest BCUT2D eigenvalue weighted by atomic mass is 9.59. The van der Waals surface area contributed by atoms with E-state index in [2.05, 4.69) is 31.9 Å². The van der Waals surface area contributed by atoms with E-state index in [-0.39, 0.29) is 41.3 Å². The second-order valence-electron chi connectivity index (χ2n) is 10.3. The van der Waals surface area contributed by atoms with Crippen LogP contribution in [0.3, 0.4) is 0 Å². The van der Waals surface area contributed by atoms with E-state index in [1.165, 1.54) is 18.1 Å². The Bertz CT molecular complexity index is 1590. The van der Waals surface area contributed by atoms with E-state index in [1.54, 1.807) is 43.3 Å². The van der Waals surface area contributed by atoms with Gasteiger partial charge >= 0.3 is 0 Å². The number of amides is 2. The van der Waals surface area contributed by atoms with Crippen molar-refractivity contribution < 1.29 is 29.0 Å². The van der Waals surface area contributed by atoms with Crippen LogP contribution < -0.4 is 9.64 Å². The van der Waals surface area contributed by atoms with Gasteiger partial charge in [0.25, 0.3) is 0 Å². The normalized spacial score (nSPS) is 26.2. The Morgan fingerprint density at radius 2 is 1.72 bits per heavy atom. The van der Waals surface area contributed by atoms with Crippen molar-refractivity contribution in [1.29, 1.82) is 0 Å². The molecule has 39 heavy (non-hydrogen) atoms. The Hall–Kier alpha value is -3.30. The second kappa shape index (κ2) is 9.41. The van der Waals surface area contributed by atoms with Gasteiger partial charge < -0.3 is 9.84 Å². The van der Waals surface area contributed by atoms with Crippen LogP contribution in [0.5, 0.6) is 11.5 Å². The van der Waals surface area contributed by atoms with Crippen molar-refractivity contribution in [2.45, 2.75) is 25.7 Å². The molecule has 4 aliphatic rings. The number of imide groups is 1. The van der Waals surface area contributed by atoms with E-state index < -0.39 is 23.7 Å². The number of carbonyl (C=O) groups excluding carboxylic acids is 4. The van der Waals surface area contributed by atoms with Gasteiger partial charge in [-0.05, 0) is 89.7 Å². The Kier molecular flexibility index (Phi) is 6.26. The summed E-state index contributed by atoms with van der Waals surface area (Å²) in [6.07, 6.45) is 3.88. The molecule has 1 saturated heterocycles. The number of halogens is 2. The summed E-state index contributed by atoms with van der Waals surface area (Å²) >= 11 is 6.78. The van der Waals surface area contributed by atoms with Crippen LogP contribution in [0.25, 0.3) is 0 Å². The summed E-state index contributed by atoms with van der Waals surface area (Å²) in [4.78, 5) is 55.6. The maximum Gasteiger partial charge on any atom is 0.238 e. The number of anilines is 1. The van der Waals surface area contributed by atoms with Gasteiger partial charge in [-0.3, -0.25) is 24.1 Å². The molecule has 0 unspecified atom stereocenters. The lowest BCUT2D eigenvalue weighted by Gasteiger charge is -2.42. The number of phenols is 1. The first kappa shape index (κ1) is 26.0. The molecule has 0 saturated carbocycles. The summed E-state index contributed by atoms with van der Waals surface area (Å²) in [6, 6.07) is 10.4. The first-order chi connectivity index (χ1) is 18.6. The van der Waals surface area contributed by atoms with Gasteiger partial charge in [0.1, 0.15) is 0 Å². The van der Waals surface area contributed by atoms with Gasteiger partial charge in [0.05, 0.1) is 29.1 Å². The smallest absolute Gasteiger partial charge is 0.238 e. The van der Waals surface area contributed by atoms with Gasteiger partial charge in [-0.25, -0.2) is 0 Å². The minimum atomic E-state index is -0.657. The van der Waals surface area contributed by atoms with E-state index in [0.29, 0.717) is 38.9 Å². The van der Waals surface area contributed by atoms with Crippen LogP contribution in [0.15, 0.2) is 79.8 Å². The van der Waals surface area contributed by atoms with E-state index in [9.17, 15) is 24.3 Å². The molecule has 6 rings (SSSR count). The number of allylic oxidation sites excluding steroid dienone is 6. The molecular weight excluding hydrogens is 630 g/mol. The van der Waals surface area contributed by atoms with Crippen molar-refractivity contribution in [3.05, 3.63) is 85.4 Å². The standard InChI is InChI=1S/C30H23Br2NO6/c1-13-9-22(34)20-12-19-17(24(26(20)27(13)35)14-10-21(32)28(36)23(11-14)39-2)7-8-18-25(19)30(38)33(29(18)37)16-5-3-15(31)4-6-16/h3-7,9-11,18-19,24-25,36H,8,12H2,1-2H3/t18-,19+,24-,25-/m0/s1. The van der Waals surface area contributed by atoms with Crippen molar-refractivity contribution >= 4 is 60.9 Å². The number of fused-ring (bicyclic) bond motifs is 3. The van der Waals surface area contributed by atoms with Crippen LogP contribution in [0.1, 0.15) is 31.2 Å². The summed E-state index contributed by atoms with van der Waals surface area (Å²) in [7, 11) is 1.44. The zero-order chi connectivity index (χ0) is 27.7. The Balaban J connectivity index is 1.51. The molecule has 2 aromatic rings. The fourth-order valence-corrected chi connectivity index (χ4v) is 7.23. The summed E-state index contributed by atoms with van der Waals surface area (Å²) in [5.41, 5.74) is 3.12. The average Bonchev–Trinajstić information content (AvgIpc) is 3.18. The first-order valence-electron chi connectivity index (χ1n) is 12.5. The van der Waals surface area contributed by atoms with Gasteiger partial charge in [-0.15, -0.1) is 0 Å². The highest BCUT2D eigenvalue weighted by Crippen LogP contribution is 2.56. The van der Waals surface area contributed by atoms with Crippen LogP contribution in [0.2, 0.25) is 0 Å². The third-order valence-corrected chi connectivity index (χ3v) is 9.39. The van der Waals surface area contributed by atoms with Gasteiger partial charge in [-0.2, -0.15) is 0 Å². The van der Waals surface area contributed by atoms with E-state index in [4.69, 9.17) is 4.74 Å². The minimum Gasteiger partial charge on any atom is -0.503 e. The van der Waals surface area contributed by atoms with E-state index >= 15 is 0 Å². The molecule has 9 heteroatoms. The van der Waals surface area contributed by atoms with Crippen molar-refractivity contribution in [2.75, 3.05) is 12.0 Å². The number of aromatic hydroxyl groups is 1. The number of hydrogen-bond acceptors (Lipinski definition) is 6. The molecular formula is C30H23Br2NO6. The number of nitrogens with zero attached hydrogens (tertiary/aromatic N) is 1. The quantitative estimate of drug-likeness (QED) is 0.265. The fraction of sp³-hybridized carbons (Fsp3) is 0.267. The number of phenolic OH excluding ortho intramolecular Hbond substituents is 1. The second-order valence-corrected chi connectivity index (χ2v) is 12.0. The predicted molar refractivity (Wildman–Crippen MR) is 150 cm³/mol. The highest BCUT2D eigenvalue weighted by molar-refractivity contribution is 9.10. The summed E-state index contributed by atoms with van der Waals surface area (Å²) in [6.45, 7) is 1.63. The van der Waals surface area contributed by atoms with Gasteiger partial charge in [0.2, 0.25) is 11.8 Å². The summed E-state index contributed by atoms with van der Waals surface area (Å²) < 4.78 is 6.60. The lowest BCUT2D eigenvalue weighted by Crippen LogP contribution is -2.39. The molecule has 1 heterocycles. The molecule has 4 atom stereocenters. The highest BCUT2D eigenvalue weighted by atomic mass is 79.9. The maximum atomic E-state index is 13.9. The van der Waals surface area contributed by atoms with Crippen molar-refractivity contribution in [3.63, 3.8) is 0 Å². The van der Waals surface area contributed by atoms with Crippen molar-refractivity contribution in [1.82, 2.24) is 0 Å². The maximum absolute atomic E-state index is 13.9. The number of methoxy groups -OCH3 is 1. The first-order valence-corrected chi connectivity index (χ1v) is 14.1. The number of ketones is 2. The zero-order valence-electron chi connectivity index (χ0n) is 21.0. The van der Waals surface area contributed by atoms with Crippen LogP contribution in [0, 0.1) is 17.8 Å². The highest BCUT2D eigenvalue weighted by Gasteiger charge is 2.56. The summed E-state index contributed by atoms with van der Waals surface area (Å²) in [5.74, 6) is -3.16. The average molecular weight is 653 g/mol. The lowest BCUT2D eigenvalue weighted by molar-refractivity contribution is -0.123. The molecule has 7 nitrogen and oxygen atoms in total. The molecule has 1 aliphatic heterocycles. The molecule has 198 valence electrons.